The number of hydrogen-bond acceptors (Lipinski definition) is 4. The SMILES string of the molecule is CCOc1cccc(NC2=NC(C)C(C)CS2)c1. The lowest BCUT2D eigenvalue weighted by Crippen LogP contribution is -2.25. The molecule has 1 aromatic carbocycles. The first-order valence-electron chi connectivity index (χ1n) is 6.39. The summed E-state index contributed by atoms with van der Waals surface area (Å²) in [6.07, 6.45) is 0. The minimum Gasteiger partial charge on any atom is -0.494 e. The zero-order chi connectivity index (χ0) is 13.0. The van der Waals surface area contributed by atoms with Crippen molar-refractivity contribution in [1.29, 1.82) is 0 Å². The molecule has 2 rings (SSSR count). The summed E-state index contributed by atoms with van der Waals surface area (Å²) >= 11 is 1.79. The lowest BCUT2D eigenvalue weighted by molar-refractivity contribution is 0.340. The van der Waals surface area contributed by atoms with Crippen LogP contribution in [0.1, 0.15) is 20.8 Å². The van der Waals surface area contributed by atoms with E-state index in [2.05, 4.69) is 24.2 Å². The van der Waals surface area contributed by atoms with Crippen LogP contribution in [0.25, 0.3) is 0 Å². The predicted octanol–water partition coefficient (Wildman–Crippen LogP) is 3.62. The lowest BCUT2D eigenvalue weighted by Gasteiger charge is -2.23. The van der Waals surface area contributed by atoms with Crippen molar-refractivity contribution in [3.05, 3.63) is 24.3 Å². The molecule has 2 unspecified atom stereocenters. The van der Waals surface area contributed by atoms with Gasteiger partial charge in [0.25, 0.3) is 0 Å². The van der Waals surface area contributed by atoms with E-state index in [1.807, 2.05) is 31.2 Å². The quantitative estimate of drug-likeness (QED) is 0.905. The van der Waals surface area contributed by atoms with Gasteiger partial charge in [0.15, 0.2) is 5.17 Å². The smallest absolute Gasteiger partial charge is 0.161 e. The minimum absolute atomic E-state index is 0.392. The molecule has 0 radical (unpaired) electrons. The van der Waals surface area contributed by atoms with Crippen molar-refractivity contribution in [3.8, 4) is 5.75 Å². The Kier molecular flexibility index (Phi) is 4.53. The number of rotatable bonds is 3. The summed E-state index contributed by atoms with van der Waals surface area (Å²) in [5, 5.41) is 4.37. The summed E-state index contributed by atoms with van der Waals surface area (Å²) in [5.74, 6) is 2.67. The zero-order valence-electron chi connectivity index (χ0n) is 11.1. The molecule has 0 aromatic heterocycles. The maximum absolute atomic E-state index is 5.49. The molecule has 1 heterocycles. The average Bonchev–Trinajstić information content (AvgIpc) is 2.35. The molecule has 1 aromatic rings. The van der Waals surface area contributed by atoms with Crippen LogP contribution in [-0.4, -0.2) is 23.6 Å². The van der Waals surface area contributed by atoms with E-state index in [9.17, 15) is 0 Å². The molecule has 0 saturated carbocycles. The monoisotopic (exact) mass is 264 g/mol. The summed E-state index contributed by atoms with van der Waals surface area (Å²) in [5.41, 5.74) is 1.04. The van der Waals surface area contributed by atoms with Gasteiger partial charge in [0.1, 0.15) is 5.75 Å². The second-order valence-corrected chi connectivity index (χ2v) is 5.56. The summed E-state index contributed by atoms with van der Waals surface area (Å²) in [6.45, 7) is 7.09. The summed E-state index contributed by atoms with van der Waals surface area (Å²) in [7, 11) is 0. The van der Waals surface area contributed by atoms with Gasteiger partial charge in [-0.05, 0) is 31.9 Å². The number of hydrogen-bond donors (Lipinski definition) is 1. The summed E-state index contributed by atoms with van der Waals surface area (Å²) in [4.78, 5) is 4.66. The minimum atomic E-state index is 0.392. The highest BCUT2D eigenvalue weighted by Crippen LogP contribution is 2.25. The molecule has 0 aliphatic carbocycles. The van der Waals surface area contributed by atoms with Crippen molar-refractivity contribution in [3.63, 3.8) is 0 Å². The number of ether oxygens (including phenoxy) is 1. The third-order valence-electron chi connectivity index (χ3n) is 3.02. The Balaban J connectivity index is 2.05. The van der Waals surface area contributed by atoms with Gasteiger partial charge in [0.2, 0.25) is 0 Å². The van der Waals surface area contributed by atoms with Crippen LogP contribution in [-0.2, 0) is 0 Å². The molecular formula is C14H20N2OS. The number of aliphatic imine (C=N–C) groups is 1. The van der Waals surface area contributed by atoms with Gasteiger partial charge in [-0.1, -0.05) is 24.8 Å². The van der Waals surface area contributed by atoms with E-state index in [4.69, 9.17) is 4.74 Å². The molecule has 0 fully saturated rings. The largest absolute Gasteiger partial charge is 0.494 e. The van der Waals surface area contributed by atoms with Crippen molar-refractivity contribution in [2.24, 2.45) is 10.9 Å². The molecule has 1 aliphatic heterocycles. The molecule has 4 heteroatoms. The molecule has 2 atom stereocenters. The normalized spacial score (nSPS) is 23.4. The highest BCUT2D eigenvalue weighted by atomic mass is 32.2. The van der Waals surface area contributed by atoms with E-state index < -0.39 is 0 Å². The van der Waals surface area contributed by atoms with Crippen LogP contribution in [0.5, 0.6) is 5.75 Å². The van der Waals surface area contributed by atoms with Gasteiger partial charge in [0.05, 0.1) is 12.6 Å². The van der Waals surface area contributed by atoms with Gasteiger partial charge in [-0.15, -0.1) is 0 Å². The van der Waals surface area contributed by atoms with Crippen LogP contribution in [0.3, 0.4) is 0 Å². The molecule has 98 valence electrons. The number of benzene rings is 1. The zero-order valence-corrected chi connectivity index (χ0v) is 12.0. The third-order valence-corrected chi connectivity index (χ3v) is 4.20. The van der Waals surface area contributed by atoms with Gasteiger partial charge in [-0.3, -0.25) is 4.99 Å². The number of nitrogens with zero attached hydrogens (tertiary/aromatic N) is 1. The first kappa shape index (κ1) is 13.3. The van der Waals surface area contributed by atoms with E-state index in [-0.39, 0.29) is 0 Å². The second-order valence-electron chi connectivity index (χ2n) is 4.55. The van der Waals surface area contributed by atoms with Crippen molar-refractivity contribution >= 4 is 22.6 Å². The fourth-order valence-electron chi connectivity index (χ4n) is 1.72. The first-order valence-corrected chi connectivity index (χ1v) is 7.38. The van der Waals surface area contributed by atoms with Crippen molar-refractivity contribution in [2.45, 2.75) is 26.8 Å². The first-order chi connectivity index (χ1) is 8.69. The molecule has 1 N–H and O–H groups in total. The van der Waals surface area contributed by atoms with Crippen LogP contribution in [0, 0.1) is 5.92 Å². The Bertz CT molecular complexity index is 434. The van der Waals surface area contributed by atoms with Crippen LogP contribution < -0.4 is 10.1 Å². The van der Waals surface area contributed by atoms with Gasteiger partial charge in [-0.25, -0.2) is 0 Å². The van der Waals surface area contributed by atoms with Crippen LogP contribution in [0.15, 0.2) is 29.3 Å². The highest BCUT2D eigenvalue weighted by molar-refractivity contribution is 8.14. The van der Waals surface area contributed by atoms with Crippen molar-refractivity contribution in [2.75, 3.05) is 17.7 Å². The standard InChI is InChI=1S/C14H20N2OS/c1-4-17-13-7-5-6-12(8-13)16-14-15-11(3)10(2)9-18-14/h5-8,10-11H,4,9H2,1-3H3,(H,15,16). The fourth-order valence-corrected chi connectivity index (χ4v) is 2.85. The van der Waals surface area contributed by atoms with E-state index in [1.54, 1.807) is 11.8 Å². The highest BCUT2D eigenvalue weighted by Gasteiger charge is 2.19. The van der Waals surface area contributed by atoms with Gasteiger partial charge in [0, 0.05) is 17.5 Å². The fraction of sp³-hybridized carbons (Fsp3) is 0.500. The molecule has 0 spiro atoms. The Morgan fingerprint density at radius 2 is 2.28 bits per heavy atom. The Morgan fingerprint density at radius 3 is 3.00 bits per heavy atom. The second kappa shape index (κ2) is 6.14. The van der Waals surface area contributed by atoms with E-state index in [0.29, 0.717) is 18.6 Å². The summed E-state index contributed by atoms with van der Waals surface area (Å²) in [6, 6.07) is 8.40. The van der Waals surface area contributed by atoms with Gasteiger partial charge < -0.3 is 10.1 Å². The number of amidine groups is 1. The third kappa shape index (κ3) is 3.42. The topological polar surface area (TPSA) is 33.6 Å². The molecular weight excluding hydrogens is 244 g/mol. The maximum atomic E-state index is 5.49. The average molecular weight is 264 g/mol. The molecule has 0 saturated heterocycles. The van der Waals surface area contributed by atoms with E-state index in [0.717, 1.165) is 22.4 Å². The Hall–Kier alpha value is -1.16. The molecule has 1 aliphatic rings. The Labute approximate surface area is 113 Å². The van der Waals surface area contributed by atoms with Crippen LogP contribution >= 0.6 is 11.8 Å². The Morgan fingerprint density at radius 1 is 1.44 bits per heavy atom. The predicted molar refractivity (Wildman–Crippen MR) is 79.8 cm³/mol. The van der Waals surface area contributed by atoms with Crippen molar-refractivity contribution < 1.29 is 4.74 Å². The van der Waals surface area contributed by atoms with E-state index >= 15 is 0 Å². The van der Waals surface area contributed by atoms with E-state index in [1.165, 1.54) is 0 Å². The summed E-state index contributed by atoms with van der Waals surface area (Å²) < 4.78 is 5.49. The van der Waals surface area contributed by atoms with Crippen molar-refractivity contribution in [1.82, 2.24) is 0 Å². The maximum Gasteiger partial charge on any atom is 0.161 e. The number of anilines is 1. The van der Waals surface area contributed by atoms with Crippen LogP contribution in [0.2, 0.25) is 0 Å². The lowest BCUT2D eigenvalue weighted by atomic mass is 10.1. The molecule has 0 amide bonds. The van der Waals surface area contributed by atoms with Gasteiger partial charge in [-0.2, -0.15) is 0 Å². The molecule has 18 heavy (non-hydrogen) atoms. The number of thioether (sulfide) groups is 1. The van der Waals surface area contributed by atoms with Gasteiger partial charge >= 0.3 is 0 Å². The number of nitrogens with one attached hydrogen (secondary N) is 1. The van der Waals surface area contributed by atoms with Crippen LogP contribution in [0.4, 0.5) is 5.69 Å². The molecule has 3 nitrogen and oxygen atoms in total. The molecule has 0 bridgehead atoms.